The zero-order chi connectivity index (χ0) is 22.0. The summed E-state index contributed by atoms with van der Waals surface area (Å²) in [5.74, 6) is 0.715. The first-order valence-electron chi connectivity index (χ1n) is 10.4. The van der Waals surface area contributed by atoms with E-state index in [9.17, 15) is 9.59 Å². The quantitative estimate of drug-likeness (QED) is 0.685. The van der Waals surface area contributed by atoms with Crippen LogP contribution >= 0.6 is 0 Å². The van der Waals surface area contributed by atoms with Crippen LogP contribution < -0.4 is 15.6 Å². The summed E-state index contributed by atoms with van der Waals surface area (Å²) in [7, 11) is 3.66. The number of carbonyl (C=O) groups excluding carboxylic acids is 1. The topological polar surface area (TPSA) is 81.4 Å². The monoisotopic (exact) mass is 421 g/mol. The number of amides is 1. The molecule has 0 saturated carbocycles. The Balaban J connectivity index is 1.65. The zero-order valence-electron chi connectivity index (χ0n) is 18.0. The maximum absolute atomic E-state index is 13.3. The molecule has 0 bridgehead atoms. The number of carbonyl (C=O) groups is 1. The lowest BCUT2D eigenvalue weighted by molar-refractivity contribution is 0.102. The highest BCUT2D eigenvalue weighted by molar-refractivity contribution is 6.04. The molecule has 0 unspecified atom stereocenters. The van der Waals surface area contributed by atoms with Gasteiger partial charge in [-0.05, 0) is 63.7 Å². The third-order valence-electron chi connectivity index (χ3n) is 5.82. The third-order valence-corrected chi connectivity index (χ3v) is 5.82. The van der Waals surface area contributed by atoms with E-state index in [4.69, 9.17) is 4.74 Å². The first-order chi connectivity index (χ1) is 15.0. The summed E-state index contributed by atoms with van der Waals surface area (Å²) in [6, 6.07) is 11.0. The highest BCUT2D eigenvalue weighted by atomic mass is 16.5. The van der Waals surface area contributed by atoms with Crippen molar-refractivity contribution in [3.05, 3.63) is 70.3 Å². The Morgan fingerprint density at radius 3 is 2.65 bits per heavy atom. The molecule has 4 rings (SSSR count). The van der Waals surface area contributed by atoms with E-state index in [0.717, 1.165) is 25.9 Å². The molecule has 3 heterocycles. The lowest BCUT2D eigenvalue weighted by atomic mass is 10.1. The second-order valence-electron chi connectivity index (χ2n) is 7.87. The van der Waals surface area contributed by atoms with Gasteiger partial charge in [-0.15, -0.1) is 0 Å². The maximum atomic E-state index is 13.3. The van der Waals surface area contributed by atoms with Crippen LogP contribution in [0.1, 0.15) is 34.8 Å². The number of para-hydroxylation sites is 2. The molecule has 1 aliphatic heterocycles. The Bertz CT molecular complexity index is 1140. The van der Waals surface area contributed by atoms with E-state index in [1.807, 2.05) is 16.8 Å². The summed E-state index contributed by atoms with van der Waals surface area (Å²) >= 11 is 0. The summed E-state index contributed by atoms with van der Waals surface area (Å²) < 4.78 is 8.69. The van der Waals surface area contributed by atoms with Crippen LogP contribution in [0.3, 0.4) is 0 Å². The number of nitrogens with one attached hydrogen (secondary N) is 1. The van der Waals surface area contributed by atoms with Crippen molar-refractivity contribution in [2.24, 2.45) is 0 Å². The van der Waals surface area contributed by atoms with Crippen LogP contribution in [0.25, 0.3) is 5.69 Å². The molecule has 1 N–H and O–H groups in total. The van der Waals surface area contributed by atoms with E-state index in [-0.39, 0.29) is 11.6 Å². The Labute approximate surface area is 181 Å². The van der Waals surface area contributed by atoms with Crippen molar-refractivity contribution < 1.29 is 9.53 Å². The molecule has 8 heteroatoms. The fraction of sp³-hybridized carbons (Fsp3) is 0.348. The van der Waals surface area contributed by atoms with Gasteiger partial charge >= 0.3 is 0 Å². The number of anilines is 1. The van der Waals surface area contributed by atoms with Crippen LogP contribution in [-0.4, -0.2) is 52.4 Å². The number of aryl methyl sites for hydroxylation is 1. The molecule has 0 atom stereocenters. The van der Waals surface area contributed by atoms with Gasteiger partial charge in [-0.1, -0.05) is 12.1 Å². The predicted molar refractivity (Wildman–Crippen MR) is 119 cm³/mol. The number of piperidine rings is 1. The third kappa shape index (κ3) is 4.11. The summed E-state index contributed by atoms with van der Waals surface area (Å²) in [6.07, 6.45) is 5.27. The fourth-order valence-corrected chi connectivity index (χ4v) is 4.04. The highest BCUT2D eigenvalue weighted by Gasteiger charge is 2.23. The first kappa shape index (κ1) is 20.9. The van der Waals surface area contributed by atoms with E-state index >= 15 is 0 Å². The molecule has 0 radical (unpaired) electrons. The van der Waals surface area contributed by atoms with Crippen LogP contribution in [0.4, 0.5) is 5.82 Å². The van der Waals surface area contributed by atoms with Crippen molar-refractivity contribution in [1.29, 1.82) is 0 Å². The number of benzene rings is 1. The Morgan fingerprint density at radius 1 is 1.16 bits per heavy atom. The minimum Gasteiger partial charge on any atom is -0.495 e. The van der Waals surface area contributed by atoms with E-state index in [0.29, 0.717) is 22.8 Å². The van der Waals surface area contributed by atoms with Gasteiger partial charge in [0.2, 0.25) is 0 Å². The number of ether oxygens (including phenoxy) is 1. The molecule has 0 aliphatic carbocycles. The molecule has 1 aliphatic rings. The summed E-state index contributed by atoms with van der Waals surface area (Å²) in [5.41, 5.74) is 0.899. The molecule has 1 aromatic carbocycles. The number of hydrogen-bond donors (Lipinski definition) is 1. The molecule has 31 heavy (non-hydrogen) atoms. The van der Waals surface area contributed by atoms with Gasteiger partial charge in [0.25, 0.3) is 11.5 Å². The number of nitrogens with zero attached hydrogens (tertiary/aromatic N) is 4. The standard InChI is InChI=1S/C23H27N5O3/c1-16-9-15-27(18-6-4-5-7-19(18)31-3)23(30)21(16)22(29)25-20-8-12-24-28(20)17-10-13-26(2)14-11-17/h4-9,12,15,17H,10-11,13-14H2,1-3H3,(H,25,29). The van der Waals surface area contributed by atoms with Gasteiger partial charge in [-0.3, -0.25) is 14.2 Å². The number of aromatic nitrogens is 3. The molecule has 162 valence electrons. The van der Waals surface area contributed by atoms with Gasteiger partial charge in [0.05, 0.1) is 25.0 Å². The van der Waals surface area contributed by atoms with E-state index < -0.39 is 11.5 Å². The van der Waals surface area contributed by atoms with Crippen LogP contribution in [-0.2, 0) is 0 Å². The fourth-order valence-electron chi connectivity index (χ4n) is 4.04. The van der Waals surface area contributed by atoms with Crippen molar-refractivity contribution >= 4 is 11.7 Å². The van der Waals surface area contributed by atoms with Crippen molar-refractivity contribution in [2.45, 2.75) is 25.8 Å². The largest absolute Gasteiger partial charge is 0.495 e. The van der Waals surface area contributed by atoms with Crippen LogP contribution in [0.15, 0.2) is 53.6 Å². The van der Waals surface area contributed by atoms with E-state index in [1.165, 1.54) is 4.57 Å². The van der Waals surface area contributed by atoms with Crippen LogP contribution in [0, 0.1) is 6.92 Å². The zero-order valence-corrected chi connectivity index (χ0v) is 18.0. The Hall–Kier alpha value is -3.39. The highest BCUT2D eigenvalue weighted by Crippen LogP contribution is 2.25. The SMILES string of the molecule is COc1ccccc1-n1ccc(C)c(C(=O)Nc2ccnn2C2CCN(C)CC2)c1=O. The molecule has 2 aromatic heterocycles. The molecule has 8 nitrogen and oxygen atoms in total. The molecular formula is C23H27N5O3. The summed E-state index contributed by atoms with van der Waals surface area (Å²) in [4.78, 5) is 28.7. The Morgan fingerprint density at radius 2 is 1.90 bits per heavy atom. The van der Waals surface area contributed by atoms with Crippen molar-refractivity contribution in [2.75, 3.05) is 32.6 Å². The van der Waals surface area contributed by atoms with Gasteiger partial charge in [0.15, 0.2) is 0 Å². The first-order valence-corrected chi connectivity index (χ1v) is 10.4. The number of pyridine rings is 1. The van der Waals surface area contributed by atoms with E-state index in [1.54, 1.807) is 50.7 Å². The Kier molecular flexibility index (Phi) is 5.90. The second-order valence-corrected chi connectivity index (χ2v) is 7.87. The van der Waals surface area contributed by atoms with Crippen molar-refractivity contribution in [1.82, 2.24) is 19.2 Å². The normalized spacial score (nSPS) is 15.1. The van der Waals surface area contributed by atoms with Crippen LogP contribution in [0.5, 0.6) is 5.75 Å². The second kappa shape index (κ2) is 8.77. The molecule has 1 amide bonds. The number of likely N-dealkylation sites (tertiary alicyclic amines) is 1. The summed E-state index contributed by atoms with van der Waals surface area (Å²) in [5, 5.41) is 7.34. The lowest BCUT2D eigenvalue weighted by Gasteiger charge is -2.30. The smallest absolute Gasteiger partial charge is 0.268 e. The average molecular weight is 422 g/mol. The van der Waals surface area contributed by atoms with Crippen molar-refractivity contribution in [3.63, 3.8) is 0 Å². The molecule has 3 aromatic rings. The minimum atomic E-state index is -0.443. The van der Waals surface area contributed by atoms with Crippen LogP contribution in [0.2, 0.25) is 0 Å². The lowest BCUT2D eigenvalue weighted by Crippen LogP contribution is -2.33. The van der Waals surface area contributed by atoms with Crippen molar-refractivity contribution in [3.8, 4) is 11.4 Å². The number of methoxy groups -OCH3 is 1. The number of hydrogen-bond acceptors (Lipinski definition) is 5. The summed E-state index contributed by atoms with van der Waals surface area (Å²) in [6.45, 7) is 3.73. The maximum Gasteiger partial charge on any atom is 0.268 e. The molecule has 1 saturated heterocycles. The molecule has 1 fully saturated rings. The number of rotatable bonds is 5. The average Bonchev–Trinajstić information content (AvgIpc) is 3.22. The van der Waals surface area contributed by atoms with Gasteiger partial charge in [-0.25, -0.2) is 4.68 Å². The minimum absolute atomic E-state index is 0.101. The van der Waals surface area contributed by atoms with E-state index in [2.05, 4.69) is 22.4 Å². The predicted octanol–water partition coefficient (Wildman–Crippen LogP) is 2.87. The van der Waals surface area contributed by atoms with Gasteiger partial charge in [0, 0.05) is 12.3 Å². The molecule has 0 spiro atoms. The molecular weight excluding hydrogens is 394 g/mol. The van der Waals surface area contributed by atoms with Gasteiger partial charge in [-0.2, -0.15) is 5.10 Å². The van der Waals surface area contributed by atoms with Gasteiger partial charge < -0.3 is 15.0 Å². The van der Waals surface area contributed by atoms with Gasteiger partial charge in [0.1, 0.15) is 17.1 Å².